The van der Waals surface area contributed by atoms with E-state index >= 15 is 0 Å². The van der Waals surface area contributed by atoms with Crippen molar-refractivity contribution in [3.8, 4) is 0 Å². The Morgan fingerprint density at radius 1 is 1.20 bits per heavy atom. The van der Waals surface area contributed by atoms with Crippen LogP contribution >= 0.6 is 0 Å². The van der Waals surface area contributed by atoms with E-state index in [0.29, 0.717) is 23.1 Å². The summed E-state index contributed by atoms with van der Waals surface area (Å²) in [6.45, 7) is 0. The first-order valence-electron chi connectivity index (χ1n) is 4.44. The van der Waals surface area contributed by atoms with E-state index in [-0.39, 0.29) is 0 Å². The molecule has 0 amide bonds. The molecule has 0 aromatic carbocycles. The van der Waals surface area contributed by atoms with E-state index < -0.39 is 0 Å². The summed E-state index contributed by atoms with van der Waals surface area (Å²) < 4.78 is 1.70. The normalized spacial score (nSPS) is 10.2. The van der Waals surface area contributed by atoms with Crippen molar-refractivity contribution in [2.75, 3.05) is 16.8 Å². The van der Waals surface area contributed by atoms with E-state index in [1.54, 1.807) is 16.8 Å². The minimum atomic E-state index is 0.316. The number of nitrogens with two attached hydrogens (primary N) is 2. The minimum absolute atomic E-state index is 0.316. The van der Waals surface area contributed by atoms with Gasteiger partial charge in [-0.3, -0.25) is 4.68 Å². The van der Waals surface area contributed by atoms with Crippen LogP contribution in [0.15, 0.2) is 24.4 Å². The average Bonchev–Trinajstić information content (AvgIpc) is 2.58. The Balaban J connectivity index is 2.21. The van der Waals surface area contributed by atoms with E-state index in [0.717, 1.165) is 0 Å². The molecule has 0 radical (unpaired) electrons. The Labute approximate surface area is 86.9 Å². The molecule has 5 N–H and O–H groups in total. The van der Waals surface area contributed by atoms with Crippen LogP contribution in [0.25, 0.3) is 0 Å². The zero-order valence-electron chi connectivity index (χ0n) is 8.31. The lowest BCUT2D eigenvalue weighted by molar-refractivity contribution is 0.771. The molecule has 2 rings (SSSR count). The SMILES string of the molecule is Cn1ccc(Nc2ccc(N)c(N)n2)n1. The van der Waals surface area contributed by atoms with Gasteiger partial charge < -0.3 is 16.8 Å². The van der Waals surface area contributed by atoms with E-state index in [1.165, 1.54) is 0 Å². The molecule has 78 valence electrons. The molecule has 0 aliphatic rings. The van der Waals surface area contributed by atoms with Gasteiger partial charge in [-0.05, 0) is 12.1 Å². The second kappa shape index (κ2) is 3.49. The quantitative estimate of drug-likeness (QED) is 0.670. The number of rotatable bonds is 2. The highest BCUT2D eigenvalue weighted by Gasteiger charge is 2.01. The summed E-state index contributed by atoms with van der Waals surface area (Å²) >= 11 is 0. The first kappa shape index (κ1) is 9.32. The smallest absolute Gasteiger partial charge is 0.153 e. The molecule has 6 nitrogen and oxygen atoms in total. The Morgan fingerprint density at radius 3 is 2.60 bits per heavy atom. The number of anilines is 4. The van der Waals surface area contributed by atoms with Gasteiger partial charge in [0.05, 0.1) is 5.69 Å². The van der Waals surface area contributed by atoms with Gasteiger partial charge >= 0.3 is 0 Å². The number of hydrogen-bond acceptors (Lipinski definition) is 5. The lowest BCUT2D eigenvalue weighted by Crippen LogP contribution is -2.01. The maximum Gasteiger partial charge on any atom is 0.153 e. The molecule has 0 bridgehead atoms. The third-order valence-electron chi connectivity index (χ3n) is 1.93. The van der Waals surface area contributed by atoms with Crippen molar-refractivity contribution in [1.82, 2.24) is 14.8 Å². The standard InChI is InChI=1S/C9H12N6/c1-15-5-4-8(14-15)12-7-3-2-6(10)9(11)13-7/h2-5H,10H2,1H3,(H3,11,12,13,14). The van der Waals surface area contributed by atoms with Crippen LogP contribution in [0.4, 0.5) is 23.1 Å². The van der Waals surface area contributed by atoms with Crippen molar-refractivity contribution in [1.29, 1.82) is 0 Å². The van der Waals surface area contributed by atoms with Crippen LogP contribution in [0.3, 0.4) is 0 Å². The fourth-order valence-electron chi connectivity index (χ4n) is 1.17. The Kier molecular flexibility index (Phi) is 2.17. The van der Waals surface area contributed by atoms with Crippen LogP contribution < -0.4 is 16.8 Å². The van der Waals surface area contributed by atoms with Crippen LogP contribution in [0.1, 0.15) is 0 Å². The average molecular weight is 204 g/mol. The molecule has 2 aromatic rings. The topological polar surface area (TPSA) is 94.8 Å². The number of aromatic nitrogens is 3. The van der Waals surface area contributed by atoms with Crippen LogP contribution in [0.2, 0.25) is 0 Å². The van der Waals surface area contributed by atoms with Crippen molar-refractivity contribution >= 4 is 23.1 Å². The first-order valence-corrected chi connectivity index (χ1v) is 4.44. The number of nitrogens with one attached hydrogen (secondary N) is 1. The van der Waals surface area contributed by atoms with Gasteiger partial charge in [-0.25, -0.2) is 4.98 Å². The second-order valence-electron chi connectivity index (χ2n) is 3.17. The summed E-state index contributed by atoms with van der Waals surface area (Å²) in [4.78, 5) is 4.07. The molecular weight excluding hydrogens is 192 g/mol. The van der Waals surface area contributed by atoms with E-state index in [2.05, 4.69) is 15.4 Å². The van der Waals surface area contributed by atoms with Crippen molar-refractivity contribution in [3.63, 3.8) is 0 Å². The molecule has 0 atom stereocenters. The third kappa shape index (κ3) is 1.98. The molecule has 0 fully saturated rings. The lowest BCUT2D eigenvalue weighted by Gasteiger charge is -2.04. The predicted molar refractivity (Wildman–Crippen MR) is 59.6 cm³/mol. The number of hydrogen-bond donors (Lipinski definition) is 3. The fourth-order valence-corrected chi connectivity index (χ4v) is 1.17. The highest BCUT2D eigenvalue weighted by atomic mass is 15.3. The lowest BCUT2D eigenvalue weighted by atomic mass is 10.4. The number of nitrogen functional groups attached to an aromatic ring is 2. The van der Waals surface area contributed by atoms with Gasteiger partial charge in [-0.1, -0.05) is 0 Å². The summed E-state index contributed by atoms with van der Waals surface area (Å²) in [6.07, 6.45) is 1.84. The van der Waals surface area contributed by atoms with E-state index in [4.69, 9.17) is 11.5 Å². The molecule has 0 unspecified atom stereocenters. The number of nitrogens with zero attached hydrogens (tertiary/aromatic N) is 3. The van der Waals surface area contributed by atoms with E-state index in [9.17, 15) is 0 Å². The van der Waals surface area contributed by atoms with Gasteiger partial charge in [0, 0.05) is 19.3 Å². The van der Waals surface area contributed by atoms with Crippen molar-refractivity contribution in [2.45, 2.75) is 0 Å². The molecular formula is C9H12N6. The van der Waals surface area contributed by atoms with Crippen molar-refractivity contribution in [3.05, 3.63) is 24.4 Å². The molecule has 0 saturated heterocycles. The third-order valence-corrected chi connectivity index (χ3v) is 1.93. The highest BCUT2D eigenvalue weighted by molar-refractivity contribution is 5.63. The van der Waals surface area contributed by atoms with Gasteiger partial charge in [-0.2, -0.15) is 5.10 Å². The predicted octanol–water partition coefficient (Wildman–Crippen LogP) is 0.723. The van der Waals surface area contributed by atoms with Crippen LogP contribution in [0, 0.1) is 0 Å². The van der Waals surface area contributed by atoms with Crippen LogP contribution in [-0.4, -0.2) is 14.8 Å². The van der Waals surface area contributed by atoms with Gasteiger partial charge in [0.25, 0.3) is 0 Å². The van der Waals surface area contributed by atoms with Crippen molar-refractivity contribution in [2.24, 2.45) is 7.05 Å². The number of pyridine rings is 1. The molecule has 6 heteroatoms. The zero-order valence-corrected chi connectivity index (χ0v) is 8.31. The summed E-state index contributed by atoms with van der Waals surface area (Å²) in [5, 5.41) is 7.17. The summed E-state index contributed by atoms with van der Waals surface area (Å²) in [7, 11) is 1.84. The molecule has 2 heterocycles. The van der Waals surface area contributed by atoms with Gasteiger partial charge in [-0.15, -0.1) is 0 Å². The summed E-state index contributed by atoms with van der Waals surface area (Å²) in [6, 6.07) is 5.29. The second-order valence-corrected chi connectivity index (χ2v) is 3.17. The first-order chi connectivity index (χ1) is 7.15. The van der Waals surface area contributed by atoms with Crippen LogP contribution in [-0.2, 0) is 7.05 Å². The van der Waals surface area contributed by atoms with Crippen molar-refractivity contribution < 1.29 is 0 Å². The monoisotopic (exact) mass is 204 g/mol. The van der Waals surface area contributed by atoms with Gasteiger partial charge in [0.1, 0.15) is 11.6 Å². The fraction of sp³-hybridized carbons (Fsp3) is 0.111. The minimum Gasteiger partial charge on any atom is -0.396 e. The van der Waals surface area contributed by atoms with Gasteiger partial charge in [0.2, 0.25) is 0 Å². The molecule has 2 aromatic heterocycles. The largest absolute Gasteiger partial charge is 0.396 e. The molecule has 0 saturated carbocycles. The van der Waals surface area contributed by atoms with E-state index in [1.807, 2.05) is 19.3 Å². The molecule has 0 aliphatic heterocycles. The maximum atomic E-state index is 5.58. The summed E-state index contributed by atoms with van der Waals surface area (Å²) in [5.41, 5.74) is 11.6. The summed E-state index contributed by atoms with van der Waals surface area (Å²) in [5.74, 6) is 1.66. The van der Waals surface area contributed by atoms with Gasteiger partial charge in [0.15, 0.2) is 5.82 Å². The zero-order chi connectivity index (χ0) is 10.8. The Morgan fingerprint density at radius 2 is 2.00 bits per heavy atom. The highest BCUT2D eigenvalue weighted by Crippen LogP contribution is 2.17. The number of aryl methyl sites for hydroxylation is 1. The molecule has 0 spiro atoms. The van der Waals surface area contributed by atoms with Crippen LogP contribution in [0.5, 0.6) is 0 Å². The molecule has 0 aliphatic carbocycles. The Hall–Kier alpha value is -2.24. The Bertz CT molecular complexity index is 475. The molecule has 15 heavy (non-hydrogen) atoms. The maximum absolute atomic E-state index is 5.58.